The molecule has 0 rings (SSSR count). The molecule has 0 aliphatic carbocycles. The van der Waals surface area contributed by atoms with Gasteiger partial charge in [0.2, 0.25) is 0 Å². The van der Waals surface area contributed by atoms with Crippen LogP contribution in [-0.2, 0) is 28.6 Å². The number of carbonyl (C=O) groups excluding carboxylic acids is 3. The smallest absolute Gasteiger partial charge is 0.306 e. The first kappa shape index (κ1) is 60.6. The highest BCUT2D eigenvalue weighted by Gasteiger charge is 2.19. The largest absolute Gasteiger partial charge is 0.462 e. The van der Waals surface area contributed by atoms with Gasteiger partial charge in [-0.3, -0.25) is 14.4 Å². The molecule has 366 valence electrons. The Morgan fingerprint density at radius 1 is 0.344 bits per heavy atom. The van der Waals surface area contributed by atoms with Gasteiger partial charge < -0.3 is 14.2 Å². The summed E-state index contributed by atoms with van der Waals surface area (Å²) in [5, 5.41) is 0. The van der Waals surface area contributed by atoms with Crippen molar-refractivity contribution in [2.75, 3.05) is 13.2 Å². The molecule has 0 amide bonds. The number of rotatable bonds is 47. The zero-order chi connectivity index (χ0) is 46.5. The van der Waals surface area contributed by atoms with Gasteiger partial charge in [-0.15, -0.1) is 0 Å². The second-order valence-electron chi connectivity index (χ2n) is 17.4. The SMILES string of the molecule is CC\C=C/C=C\C=C/CCCCCCCCCC(=O)OC(COC(=O)CCCCCCC/C=C\CCCCC)COC(=O)CCCCCCCCCCC/C=C\C/C=C\C/C=C\CC. The van der Waals surface area contributed by atoms with Gasteiger partial charge in [-0.1, -0.05) is 215 Å². The fourth-order valence-electron chi connectivity index (χ4n) is 7.22. The Labute approximate surface area is 395 Å². The van der Waals surface area contributed by atoms with Crippen LogP contribution in [0.15, 0.2) is 85.1 Å². The molecule has 0 saturated carbocycles. The molecule has 0 aliphatic rings. The van der Waals surface area contributed by atoms with Gasteiger partial charge in [0, 0.05) is 19.3 Å². The van der Waals surface area contributed by atoms with Crippen LogP contribution in [-0.4, -0.2) is 37.2 Å². The molecular formula is C58H98O6. The summed E-state index contributed by atoms with van der Waals surface area (Å²) in [5.41, 5.74) is 0. The highest BCUT2D eigenvalue weighted by molar-refractivity contribution is 5.71. The number of unbranched alkanes of at least 4 members (excludes halogenated alkanes) is 24. The molecule has 0 N–H and O–H groups in total. The first-order chi connectivity index (χ1) is 31.5. The lowest BCUT2D eigenvalue weighted by Crippen LogP contribution is -2.30. The number of hydrogen-bond acceptors (Lipinski definition) is 6. The molecule has 0 bridgehead atoms. The van der Waals surface area contributed by atoms with Crippen molar-refractivity contribution in [3.63, 3.8) is 0 Å². The van der Waals surface area contributed by atoms with Crippen LogP contribution < -0.4 is 0 Å². The van der Waals surface area contributed by atoms with E-state index in [2.05, 4.69) is 106 Å². The predicted molar refractivity (Wildman–Crippen MR) is 274 cm³/mol. The fourth-order valence-corrected chi connectivity index (χ4v) is 7.22. The number of esters is 3. The van der Waals surface area contributed by atoms with E-state index in [1.165, 1.54) is 109 Å². The van der Waals surface area contributed by atoms with E-state index in [9.17, 15) is 14.4 Å². The lowest BCUT2D eigenvalue weighted by atomic mass is 10.1. The van der Waals surface area contributed by atoms with Gasteiger partial charge in [0.25, 0.3) is 0 Å². The lowest BCUT2D eigenvalue weighted by molar-refractivity contribution is -0.167. The van der Waals surface area contributed by atoms with Gasteiger partial charge in [-0.25, -0.2) is 0 Å². The van der Waals surface area contributed by atoms with Gasteiger partial charge in [0.1, 0.15) is 13.2 Å². The summed E-state index contributed by atoms with van der Waals surface area (Å²) in [4.78, 5) is 38.0. The van der Waals surface area contributed by atoms with E-state index in [1.54, 1.807) is 0 Å². The maximum absolute atomic E-state index is 12.8. The lowest BCUT2D eigenvalue weighted by Gasteiger charge is -2.18. The third-order valence-corrected chi connectivity index (χ3v) is 11.2. The zero-order valence-electron chi connectivity index (χ0n) is 41.8. The molecule has 0 radical (unpaired) electrons. The van der Waals surface area contributed by atoms with E-state index in [0.29, 0.717) is 19.3 Å². The Hall–Kier alpha value is -3.41. The van der Waals surface area contributed by atoms with Crippen molar-refractivity contribution in [2.45, 2.75) is 252 Å². The molecule has 0 aliphatic heterocycles. The van der Waals surface area contributed by atoms with E-state index in [1.807, 2.05) is 0 Å². The van der Waals surface area contributed by atoms with Crippen molar-refractivity contribution in [2.24, 2.45) is 0 Å². The molecule has 1 atom stereocenters. The van der Waals surface area contributed by atoms with Crippen molar-refractivity contribution < 1.29 is 28.6 Å². The minimum atomic E-state index is -0.788. The first-order valence-corrected chi connectivity index (χ1v) is 26.6. The second-order valence-corrected chi connectivity index (χ2v) is 17.4. The van der Waals surface area contributed by atoms with E-state index < -0.39 is 6.10 Å². The Morgan fingerprint density at radius 3 is 1.14 bits per heavy atom. The topological polar surface area (TPSA) is 78.9 Å². The maximum Gasteiger partial charge on any atom is 0.306 e. The summed E-state index contributed by atoms with van der Waals surface area (Å²) in [7, 11) is 0. The molecule has 0 aromatic heterocycles. The Balaban J connectivity index is 4.38. The minimum Gasteiger partial charge on any atom is -0.462 e. The summed E-state index contributed by atoms with van der Waals surface area (Å²) < 4.78 is 16.8. The average Bonchev–Trinajstić information content (AvgIpc) is 3.29. The van der Waals surface area contributed by atoms with Crippen molar-refractivity contribution in [3.8, 4) is 0 Å². The molecule has 6 nitrogen and oxygen atoms in total. The van der Waals surface area contributed by atoms with E-state index in [4.69, 9.17) is 14.2 Å². The van der Waals surface area contributed by atoms with Crippen molar-refractivity contribution >= 4 is 17.9 Å². The van der Waals surface area contributed by atoms with E-state index in [0.717, 1.165) is 96.3 Å². The van der Waals surface area contributed by atoms with Crippen LogP contribution in [0.3, 0.4) is 0 Å². The average molecular weight is 891 g/mol. The molecule has 0 fully saturated rings. The van der Waals surface area contributed by atoms with Gasteiger partial charge in [0.05, 0.1) is 0 Å². The number of carbonyl (C=O) groups is 3. The number of allylic oxidation sites excluding steroid dienone is 14. The molecule has 6 heteroatoms. The first-order valence-electron chi connectivity index (χ1n) is 26.6. The normalized spacial score (nSPS) is 12.7. The molecule has 64 heavy (non-hydrogen) atoms. The van der Waals surface area contributed by atoms with Gasteiger partial charge in [-0.05, 0) is 96.3 Å². The fraction of sp³-hybridized carbons (Fsp3) is 0.707. The third kappa shape index (κ3) is 49.6. The van der Waals surface area contributed by atoms with Crippen LogP contribution in [0, 0.1) is 0 Å². The molecule has 0 saturated heterocycles. The van der Waals surface area contributed by atoms with Crippen molar-refractivity contribution in [3.05, 3.63) is 85.1 Å². The zero-order valence-corrected chi connectivity index (χ0v) is 41.8. The Kier molecular flexibility index (Phi) is 49.4. The van der Waals surface area contributed by atoms with Crippen LogP contribution in [0.1, 0.15) is 245 Å². The van der Waals surface area contributed by atoms with Crippen molar-refractivity contribution in [1.82, 2.24) is 0 Å². The predicted octanol–water partition coefficient (Wildman–Crippen LogP) is 17.6. The highest BCUT2D eigenvalue weighted by Crippen LogP contribution is 2.15. The molecule has 0 heterocycles. The summed E-state index contributed by atoms with van der Waals surface area (Å²) in [6.45, 7) is 6.36. The summed E-state index contributed by atoms with van der Waals surface area (Å²) in [5.74, 6) is -0.913. The minimum absolute atomic E-state index is 0.0872. The standard InChI is InChI=1S/C58H98O6/c1-4-7-10-13-16-19-22-25-27-28-29-30-32-33-36-39-42-45-48-51-57(60)63-54-55(53-62-56(59)50-47-44-41-38-35-24-21-18-15-12-9-6-3)64-58(61)52-49-46-43-40-37-34-31-26-23-20-17-14-11-8-5-2/h7-8,10-11,14,16-21,23,25,27,55H,4-6,9,12-13,15,22,24,26,28-54H2,1-3H3/b10-7-,11-8-,17-14-,19-16-,21-18-,23-20-,27-25-. The van der Waals surface area contributed by atoms with Crippen LogP contribution in [0.25, 0.3) is 0 Å². The van der Waals surface area contributed by atoms with E-state index in [-0.39, 0.29) is 31.1 Å². The summed E-state index contributed by atoms with van der Waals surface area (Å²) in [6.07, 6.45) is 67.1. The quantitative estimate of drug-likeness (QED) is 0.0199. The van der Waals surface area contributed by atoms with Gasteiger partial charge in [0.15, 0.2) is 6.10 Å². The maximum atomic E-state index is 12.8. The van der Waals surface area contributed by atoms with Crippen LogP contribution in [0.2, 0.25) is 0 Å². The highest BCUT2D eigenvalue weighted by atomic mass is 16.6. The number of ether oxygens (including phenoxy) is 3. The van der Waals surface area contributed by atoms with Gasteiger partial charge >= 0.3 is 17.9 Å². The molecule has 1 unspecified atom stereocenters. The second kappa shape index (κ2) is 52.2. The third-order valence-electron chi connectivity index (χ3n) is 11.2. The van der Waals surface area contributed by atoms with Crippen LogP contribution in [0.5, 0.6) is 0 Å². The molecule has 0 aromatic carbocycles. The Bertz CT molecular complexity index is 1250. The molecule has 0 spiro atoms. The Morgan fingerprint density at radius 2 is 0.688 bits per heavy atom. The van der Waals surface area contributed by atoms with Gasteiger partial charge in [-0.2, -0.15) is 0 Å². The summed E-state index contributed by atoms with van der Waals surface area (Å²) in [6, 6.07) is 0. The van der Waals surface area contributed by atoms with Crippen LogP contribution >= 0.6 is 0 Å². The molecular weight excluding hydrogens is 793 g/mol. The van der Waals surface area contributed by atoms with Crippen molar-refractivity contribution in [1.29, 1.82) is 0 Å². The monoisotopic (exact) mass is 891 g/mol. The number of hydrogen-bond donors (Lipinski definition) is 0. The molecule has 0 aromatic rings. The van der Waals surface area contributed by atoms with E-state index >= 15 is 0 Å². The van der Waals surface area contributed by atoms with Crippen LogP contribution in [0.4, 0.5) is 0 Å². The summed E-state index contributed by atoms with van der Waals surface area (Å²) >= 11 is 0.